The maximum absolute atomic E-state index is 3.82. The van der Waals surface area contributed by atoms with Gasteiger partial charge in [0.1, 0.15) is 0 Å². The minimum absolute atomic E-state index is 0.504. The van der Waals surface area contributed by atoms with Gasteiger partial charge in [0.25, 0.3) is 0 Å². The summed E-state index contributed by atoms with van der Waals surface area (Å²) in [5, 5.41) is 4.31. The molecule has 0 saturated carbocycles. The molecule has 6 rings (SSSR count). The zero-order valence-electron chi connectivity index (χ0n) is 21.9. The van der Waals surface area contributed by atoms with Crippen LogP contribution >= 0.6 is 23.9 Å². The summed E-state index contributed by atoms with van der Waals surface area (Å²) in [4.78, 5) is 0. The minimum Gasteiger partial charge on any atom is -0.0679 e. The summed E-state index contributed by atoms with van der Waals surface area (Å²) in [6.45, 7) is 9.96. The fraction of sp³-hybridized carbons (Fsp3) is 0.176. The zero-order chi connectivity index (χ0) is 25.7. The van der Waals surface area contributed by atoms with Gasteiger partial charge in [-0.15, -0.1) is 0 Å². The molecule has 2 atom stereocenters. The van der Waals surface area contributed by atoms with E-state index in [9.17, 15) is 0 Å². The van der Waals surface area contributed by atoms with E-state index in [1.165, 1.54) is 48.2 Å². The molecule has 2 aliphatic rings. The quantitative estimate of drug-likeness (QED) is 0.164. The molecule has 0 saturated heterocycles. The highest BCUT2D eigenvalue weighted by Gasteiger charge is 2.47. The number of allylic oxidation sites excluding steroid dienone is 2. The van der Waals surface area contributed by atoms with Gasteiger partial charge in [-0.2, -0.15) is 0 Å². The Bertz CT molecular complexity index is 1500. The maximum atomic E-state index is 3.82. The molecule has 0 heterocycles. The Hall–Kier alpha value is -2.51. The Morgan fingerprint density at radius 1 is 0.595 bits per heavy atom. The van der Waals surface area contributed by atoms with Gasteiger partial charge in [0.05, 0.1) is 8.07 Å². The first-order chi connectivity index (χ1) is 17.9. The molecular weight excluding hydrogens is 547 g/mol. The molecule has 0 spiro atoms. The summed E-state index contributed by atoms with van der Waals surface area (Å²) >= 11 is 3.82. The van der Waals surface area contributed by atoms with Crippen molar-refractivity contribution in [1.82, 2.24) is 0 Å². The van der Waals surface area contributed by atoms with E-state index in [1.54, 1.807) is 5.56 Å². The van der Waals surface area contributed by atoms with Gasteiger partial charge in [-0.1, -0.05) is 143 Å². The molecule has 0 radical (unpaired) electrons. The predicted molar refractivity (Wildman–Crippen MR) is 170 cm³/mol. The summed E-state index contributed by atoms with van der Waals surface area (Å²) in [5.41, 5.74) is 9.99. The molecule has 0 aromatic heterocycles. The van der Waals surface area contributed by atoms with Crippen LogP contribution in [0.1, 0.15) is 47.2 Å². The van der Waals surface area contributed by atoms with Crippen molar-refractivity contribution in [3.05, 3.63) is 135 Å². The molecule has 4 aromatic carbocycles. The molecule has 0 N–H and O–H groups in total. The van der Waals surface area contributed by atoms with Gasteiger partial charge in [-0.25, -0.2) is 0 Å². The van der Waals surface area contributed by atoms with Gasteiger partial charge in [-0.05, 0) is 66.0 Å². The van der Waals surface area contributed by atoms with Crippen LogP contribution in [0.15, 0.2) is 113 Å². The number of benzene rings is 4. The van der Waals surface area contributed by atoms with Crippen LogP contribution in [0.25, 0.3) is 12.2 Å². The number of hydrogen-bond acceptors (Lipinski definition) is 0. The normalized spacial score (nSPS) is 18.4. The summed E-state index contributed by atoms with van der Waals surface area (Å²) < 4.78 is 1.22. The van der Waals surface area contributed by atoms with E-state index >= 15 is 0 Å². The summed E-state index contributed by atoms with van der Waals surface area (Å²) in [6.07, 6.45) is 4.95. The van der Waals surface area contributed by atoms with Crippen LogP contribution in [0.2, 0.25) is 13.1 Å². The van der Waals surface area contributed by atoms with Gasteiger partial charge < -0.3 is 0 Å². The van der Waals surface area contributed by atoms with Crippen molar-refractivity contribution in [1.29, 1.82) is 0 Å². The number of fused-ring (bicyclic) bond motifs is 2. The van der Waals surface area contributed by atoms with Crippen molar-refractivity contribution in [2.45, 2.75) is 38.0 Å². The van der Waals surface area contributed by atoms with E-state index in [1.807, 2.05) is 0 Å². The standard InChI is InChI=1S/C34H32BrPSi/c1-23-21-29-27(17-11-19-31(29)35)33(23)37(3,4)34-24(2)22-30-28(34)18-12-20-32(30)36(25-13-7-5-8-14-25)26-15-9-6-10-16-26/h5-22,33-34H,1-4H3. The van der Waals surface area contributed by atoms with E-state index < -0.39 is 16.0 Å². The molecule has 3 heteroatoms. The minimum atomic E-state index is -1.86. The molecular formula is C34H32BrPSi. The van der Waals surface area contributed by atoms with Crippen molar-refractivity contribution in [2.75, 3.05) is 0 Å². The largest absolute Gasteiger partial charge is 0.0722 e. The van der Waals surface area contributed by atoms with Gasteiger partial charge in [0, 0.05) is 15.6 Å². The second-order valence-electron chi connectivity index (χ2n) is 11.0. The predicted octanol–water partition coefficient (Wildman–Crippen LogP) is 8.70. The van der Waals surface area contributed by atoms with Crippen LogP contribution in [-0.2, 0) is 0 Å². The number of hydrogen-bond donors (Lipinski definition) is 0. The zero-order valence-corrected chi connectivity index (χ0v) is 25.4. The highest BCUT2D eigenvalue weighted by Crippen LogP contribution is 2.53. The monoisotopic (exact) mass is 578 g/mol. The molecule has 0 fully saturated rings. The first-order valence-electron chi connectivity index (χ1n) is 13.1. The molecule has 37 heavy (non-hydrogen) atoms. The van der Waals surface area contributed by atoms with Gasteiger partial charge in [-0.3, -0.25) is 0 Å². The lowest BCUT2D eigenvalue weighted by molar-refractivity contribution is 0.968. The lowest BCUT2D eigenvalue weighted by Gasteiger charge is -2.39. The SMILES string of the molecule is CC1=Cc2c(Br)cccc2C1[Si](C)(C)C1C(C)=Cc2c1cccc2P(c1ccccc1)c1ccccc1. The first kappa shape index (κ1) is 24.8. The highest BCUT2D eigenvalue weighted by atomic mass is 79.9. The molecule has 0 amide bonds. The van der Waals surface area contributed by atoms with Gasteiger partial charge >= 0.3 is 0 Å². The second kappa shape index (κ2) is 9.66. The Morgan fingerprint density at radius 2 is 1.08 bits per heavy atom. The Kier molecular flexibility index (Phi) is 6.48. The molecule has 2 unspecified atom stereocenters. The lowest BCUT2D eigenvalue weighted by Crippen LogP contribution is -2.42. The fourth-order valence-corrected chi connectivity index (χ4v) is 14.9. The van der Waals surface area contributed by atoms with Crippen LogP contribution < -0.4 is 15.9 Å². The van der Waals surface area contributed by atoms with Crippen molar-refractivity contribution in [3.8, 4) is 0 Å². The molecule has 2 aliphatic carbocycles. The third-order valence-electron chi connectivity index (χ3n) is 8.24. The van der Waals surface area contributed by atoms with Crippen LogP contribution in [-0.4, -0.2) is 8.07 Å². The fourth-order valence-electron chi connectivity index (χ4n) is 6.97. The Balaban J connectivity index is 1.49. The molecule has 4 aromatic rings. The Labute approximate surface area is 232 Å². The lowest BCUT2D eigenvalue weighted by atomic mass is 10.1. The number of rotatable bonds is 5. The summed E-state index contributed by atoms with van der Waals surface area (Å²) in [6, 6.07) is 36.1. The van der Waals surface area contributed by atoms with Crippen molar-refractivity contribution >= 4 is 60.0 Å². The van der Waals surface area contributed by atoms with Crippen LogP contribution in [0.5, 0.6) is 0 Å². The first-order valence-corrected chi connectivity index (χ1v) is 18.3. The highest BCUT2D eigenvalue weighted by molar-refractivity contribution is 9.10. The number of halogens is 1. The molecule has 0 bridgehead atoms. The molecule has 0 nitrogen and oxygen atoms in total. The molecule has 0 aliphatic heterocycles. The second-order valence-corrected chi connectivity index (χ2v) is 18.8. The Morgan fingerprint density at radius 3 is 1.65 bits per heavy atom. The average Bonchev–Trinajstić information content (AvgIpc) is 3.43. The molecule has 184 valence electrons. The van der Waals surface area contributed by atoms with Crippen molar-refractivity contribution in [3.63, 3.8) is 0 Å². The van der Waals surface area contributed by atoms with E-state index in [4.69, 9.17) is 0 Å². The van der Waals surface area contributed by atoms with Crippen LogP contribution in [0.3, 0.4) is 0 Å². The van der Waals surface area contributed by atoms with E-state index in [0.29, 0.717) is 11.1 Å². The topological polar surface area (TPSA) is 0 Å². The van der Waals surface area contributed by atoms with E-state index in [0.717, 1.165) is 0 Å². The van der Waals surface area contributed by atoms with Crippen molar-refractivity contribution < 1.29 is 0 Å². The van der Waals surface area contributed by atoms with Gasteiger partial charge in [0.15, 0.2) is 0 Å². The third-order valence-corrected chi connectivity index (χ3v) is 15.9. The summed E-state index contributed by atoms with van der Waals surface area (Å²) in [5.74, 6) is 0. The van der Waals surface area contributed by atoms with Crippen molar-refractivity contribution in [2.24, 2.45) is 0 Å². The van der Waals surface area contributed by atoms with E-state index in [-0.39, 0.29) is 0 Å². The van der Waals surface area contributed by atoms with E-state index in [2.05, 4.69) is 152 Å². The smallest absolute Gasteiger partial charge is 0.0679 e. The summed E-state index contributed by atoms with van der Waals surface area (Å²) in [7, 11) is -2.49. The third kappa shape index (κ3) is 4.15. The average molecular weight is 580 g/mol. The maximum Gasteiger partial charge on any atom is 0.0722 e. The van der Waals surface area contributed by atoms with Crippen LogP contribution in [0.4, 0.5) is 0 Å². The van der Waals surface area contributed by atoms with Gasteiger partial charge in [0.2, 0.25) is 0 Å². The van der Waals surface area contributed by atoms with Crippen LogP contribution in [0, 0.1) is 0 Å².